The summed E-state index contributed by atoms with van der Waals surface area (Å²) in [6.45, 7) is 4.45. The molecule has 0 spiro atoms. The highest BCUT2D eigenvalue weighted by molar-refractivity contribution is 5.65. The Kier molecular flexibility index (Phi) is 3.53. The Labute approximate surface area is 121 Å². The summed E-state index contributed by atoms with van der Waals surface area (Å²) in [6, 6.07) is 6.89. The standard InChI is InChI=1S/C18H22N2/c1-13(2)14-9-10-20-17(11-14)15-7-5-3-4-6-8-16(15)18(20)12-19/h9-11,13H,3-8H2,1-2H3. The Bertz CT molecular complexity index is 671. The van der Waals surface area contributed by atoms with Crippen LogP contribution in [0.15, 0.2) is 18.3 Å². The molecule has 2 heterocycles. The molecule has 0 saturated carbocycles. The van der Waals surface area contributed by atoms with E-state index in [0.717, 1.165) is 18.5 Å². The van der Waals surface area contributed by atoms with Crippen LogP contribution >= 0.6 is 0 Å². The van der Waals surface area contributed by atoms with Gasteiger partial charge in [0.1, 0.15) is 11.8 Å². The third kappa shape index (κ3) is 2.12. The highest BCUT2D eigenvalue weighted by atomic mass is 14.9. The van der Waals surface area contributed by atoms with E-state index in [1.54, 1.807) is 0 Å². The van der Waals surface area contributed by atoms with Crippen molar-refractivity contribution >= 4 is 5.52 Å². The number of nitriles is 1. The van der Waals surface area contributed by atoms with Crippen LogP contribution in [0.1, 0.15) is 67.8 Å². The van der Waals surface area contributed by atoms with E-state index >= 15 is 0 Å². The van der Waals surface area contributed by atoms with Gasteiger partial charge in [-0.15, -0.1) is 0 Å². The average molecular weight is 266 g/mol. The van der Waals surface area contributed by atoms with Crippen molar-refractivity contribution < 1.29 is 0 Å². The molecule has 0 saturated heterocycles. The van der Waals surface area contributed by atoms with Crippen LogP contribution in [0.2, 0.25) is 0 Å². The highest BCUT2D eigenvalue weighted by Gasteiger charge is 2.19. The summed E-state index contributed by atoms with van der Waals surface area (Å²) >= 11 is 0. The summed E-state index contributed by atoms with van der Waals surface area (Å²) in [5, 5.41) is 9.55. The van der Waals surface area contributed by atoms with E-state index in [0.29, 0.717) is 5.92 Å². The number of nitrogens with zero attached hydrogens (tertiary/aromatic N) is 2. The van der Waals surface area contributed by atoms with Crippen LogP contribution in [0.3, 0.4) is 0 Å². The van der Waals surface area contributed by atoms with E-state index in [4.69, 9.17) is 0 Å². The smallest absolute Gasteiger partial charge is 0.128 e. The number of aryl methyl sites for hydroxylation is 1. The first kappa shape index (κ1) is 13.2. The van der Waals surface area contributed by atoms with Gasteiger partial charge >= 0.3 is 0 Å². The number of hydrogen-bond acceptors (Lipinski definition) is 1. The maximum absolute atomic E-state index is 9.55. The van der Waals surface area contributed by atoms with Crippen LogP contribution in [-0.2, 0) is 12.8 Å². The van der Waals surface area contributed by atoms with Gasteiger partial charge in [-0.1, -0.05) is 26.7 Å². The summed E-state index contributed by atoms with van der Waals surface area (Å²) in [5.74, 6) is 0.532. The second-order valence-electron chi connectivity index (χ2n) is 6.20. The van der Waals surface area contributed by atoms with Crippen LogP contribution in [0.4, 0.5) is 0 Å². The molecule has 0 fully saturated rings. The molecule has 0 bridgehead atoms. The van der Waals surface area contributed by atoms with Gasteiger partial charge in [-0.25, -0.2) is 0 Å². The fraction of sp³-hybridized carbons (Fsp3) is 0.500. The molecule has 20 heavy (non-hydrogen) atoms. The van der Waals surface area contributed by atoms with Crippen molar-refractivity contribution in [2.75, 3.05) is 0 Å². The monoisotopic (exact) mass is 266 g/mol. The van der Waals surface area contributed by atoms with Gasteiger partial charge in [0.15, 0.2) is 0 Å². The third-order valence-electron chi connectivity index (χ3n) is 4.56. The summed E-state index contributed by atoms with van der Waals surface area (Å²) in [5.41, 5.74) is 6.25. The maximum atomic E-state index is 9.55. The van der Waals surface area contributed by atoms with Crippen molar-refractivity contribution in [3.63, 3.8) is 0 Å². The van der Waals surface area contributed by atoms with E-state index in [1.807, 2.05) is 0 Å². The van der Waals surface area contributed by atoms with E-state index in [2.05, 4.69) is 42.6 Å². The minimum absolute atomic E-state index is 0.532. The summed E-state index contributed by atoms with van der Waals surface area (Å²) in [7, 11) is 0. The SMILES string of the molecule is CC(C)c1ccn2c(C#N)c3c(c2c1)CCCCCC3. The molecule has 1 aliphatic rings. The molecule has 3 rings (SSSR count). The molecule has 0 aliphatic heterocycles. The van der Waals surface area contributed by atoms with Gasteiger partial charge in [0, 0.05) is 6.20 Å². The highest BCUT2D eigenvalue weighted by Crippen LogP contribution is 2.30. The van der Waals surface area contributed by atoms with Crippen molar-refractivity contribution in [1.29, 1.82) is 5.26 Å². The molecule has 0 atom stereocenters. The molecule has 2 aromatic rings. The van der Waals surface area contributed by atoms with Gasteiger partial charge in [0.05, 0.1) is 5.52 Å². The molecule has 104 valence electrons. The largest absolute Gasteiger partial charge is 0.308 e. The van der Waals surface area contributed by atoms with Crippen LogP contribution in [-0.4, -0.2) is 4.40 Å². The number of aromatic nitrogens is 1. The lowest BCUT2D eigenvalue weighted by Gasteiger charge is -2.10. The lowest BCUT2D eigenvalue weighted by molar-refractivity contribution is 0.620. The molecule has 0 aromatic carbocycles. The molecule has 0 N–H and O–H groups in total. The number of fused-ring (bicyclic) bond motifs is 3. The van der Waals surface area contributed by atoms with Crippen LogP contribution in [0.5, 0.6) is 0 Å². The van der Waals surface area contributed by atoms with Gasteiger partial charge in [-0.2, -0.15) is 5.26 Å². The first-order valence-corrected chi connectivity index (χ1v) is 7.78. The Hall–Kier alpha value is -1.75. The number of pyridine rings is 1. The fourth-order valence-electron chi connectivity index (χ4n) is 3.37. The van der Waals surface area contributed by atoms with Crippen molar-refractivity contribution in [2.24, 2.45) is 0 Å². The summed E-state index contributed by atoms with van der Waals surface area (Å²) in [4.78, 5) is 0. The van der Waals surface area contributed by atoms with E-state index in [-0.39, 0.29) is 0 Å². The normalized spacial score (nSPS) is 15.7. The summed E-state index contributed by atoms with van der Waals surface area (Å²) in [6.07, 6.45) is 9.38. The van der Waals surface area contributed by atoms with Crippen LogP contribution in [0, 0.1) is 11.3 Å². The predicted molar refractivity (Wildman–Crippen MR) is 82.1 cm³/mol. The van der Waals surface area contributed by atoms with Crippen LogP contribution < -0.4 is 0 Å². The van der Waals surface area contributed by atoms with E-state index < -0.39 is 0 Å². The Morgan fingerprint density at radius 3 is 2.45 bits per heavy atom. The Morgan fingerprint density at radius 2 is 1.80 bits per heavy atom. The van der Waals surface area contributed by atoms with E-state index in [9.17, 15) is 5.26 Å². The molecule has 0 unspecified atom stereocenters. The number of rotatable bonds is 1. The predicted octanol–water partition coefficient (Wildman–Crippen LogP) is 4.59. The van der Waals surface area contributed by atoms with Gasteiger partial charge in [0.2, 0.25) is 0 Å². The zero-order valence-electron chi connectivity index (χ0n) is 12.4. The topological polar surface area (TPSA) is 28.2 Å². The van der Waals surface area contributed by atoms with E-state index in [1.165, 1.54) is 47.9 Å². The molecule has 2 nitrogen and oxygen atoms in total. The average Bonchev–Trinajstić information content (AvgIpc) is 2.69. The molecule has 0 amide bonds. The van der Waals surface area contributed by atoms with Crippen molar-refractivity contribution in [3.05, 3.63) is 40.7 Å². The second-order valence-corrected chi connectivity index (χ2v) is 6.20. The maximum Gasteiger partial charge on any atom is 0.128 e. The zero-order chi connectivity index (χ0) is 14.1. The second kappa shape index (κ2) is 5.32. The van der Waals surface area contributed by atoms with Crippen molar-refractivity contribution in [2.45, 2.75) is 58.3 Å². The minimum atomic E-state index is 0.532. The molecular weight excluding hydrogens is 244 g/mol. The first-order valence-electron chi connectivity index (χ1n) is 7.78. The fourth-order valence-corrected chi connectivity index (χ4v) is 3.37. The van der Waals surface area contributed by atoms with Crippen LogP contribution in [0.25, 0.3) is 5.52 Å². The molecule has 2 heteroatoms. The zero-order valence-corrected chi connectivity index (χ0v) is 12.4. The van der Waals surface area contributed by atoms with Gasteiger partial charge in [0.25, 0.3) is 0 Å². The third-order valence-corrected chi connectivity index (χ3v) is 4.56. The van der Waals surface area contributed by atoms with Gasteiger partial charge in [-0.05, 0) is 60.4 Å². The Morgan fingerprint density at radius 1 is 1.10 bits per heavy atom. The lowest BCUT2D eigenvalue weighted by Crippen LogP contribution is -1.98. The minimum Gasteiger partial charge on any atom is -0.308 e. The van der Waals surface area contributed by atoms with Crippen molar-refractivity contribution in [1.82, 2.24) is 4.40 Å². The quantitative estimate of drug-likeness (QED) is 0.741. The molecular formula is C18H22N2. The molecule has 1 aliphatic carbocycles. The lowest BCUT2D eigenvalue weighted by atomic mass is 9.94. The van der Waals surface area contributed by atoms with Gasteiger partial charge in [-0.3, -0.25) is 0 Å². The molecule has 2 aromatic heterocycles. The molecule has 0 radical (unpaired) electrons. The number of hydrogen-bond donors (Lipinski definition) is 0. The summed E-state index contributed by atoms with van der Waals surface area (Å²) < 4.78 is 2.11. The Balaban J connectivity index is 2.25. The van der Waals surface area contributed by atoms with Gasteiger partial charge < -0.3 is 4.40 Å². The first-order chi connectivity index (χ1) is 9.72. The van der Waals surface area contributed by atoms with Crippen molar-refractivity contribution in [3.8, 4) is 6.07 Å².